The molecule has 5 aliphatic rings. The molecule has 7 heteroatoms. The zero-order valence-electron chi connectivity index (χ0n) is 23.9. The van der Waals surface area contributed by atoms with Crippen LogP contribution in [0.25, 0.3) is 0 Å². The van der Waals surface area contributed by atoms with Crippen molar-refractivity contribution in [2.75, 3.05) is 12.4 Å². The van der Waals surface area contributed by atoms with E-state index in [1.807, 2.05) is 6.08 Å². The Balaban J connectivity index is 1.42. The Hall–Kier alpha value is -0.750. The summed E-state index contributed by atoms with van der Waals surface area (Å²) in [5.74, 6) is 2.15. The van der Waals surface area contributed by atoms with Gasteiger partial charge < -0.3 is 10.1 Å². The number of allylic oxidation sites excluding steroid dienone is 2. The fraction of sp³-hybridized carbons (Fsp3) is 0.903. The van der Waals surface area contributed by atoms with Crippen molar-refractivity contribution in [3.8, 4) is 0 Å². The summed E-state index contributed by atoms with van der Waals surface area (Å²) in [5.41, 5.74) is 0.306. The van der Waals surface area contributed by atoms with E-state index in [-0.39, 0.29) is 27.7 Å². The number of hydrogen-bond donors (Lipinski definition) is 1. The highest BCUT2D eigenvalue weighted by atomic mass is 35.5. The summed E-state index contributed by atoms with van der Waals surface area (Å²) in [4.78, 5) is 12.1. The van der Waals surface area contributed by atoms with E-state index in [4.69, 9.17) is 16.3 Å². The molecule has 4 saturated carbocycles. The van der Waals surface area contributed by atoms with E-state index in [1.165, 1.54) is 44.9 Å². The molecule has 0 aromatic heterocycles. The molecule has 0 saturated heterocycles. The lowest BCUT2D eigenvalue weighted by Gasteiger charge is -2.72. The van der Waals surface area contributed by atoms with E-state index >= 15 is 0 Å². The van der Waals surface area contributed by atoms with Crippen LogP contribution in [0.2, 0.25) is 0 Å². The molecular weight excluding hydrogens is 511 g/mol. The van der Waals surface area contributed by atoms with Gasteiger partial charge in [0.05, 0.1) is 0 Å². The van der Waals surface area contributed by atoms with E-state index < -0.39 is 24.0 Å². The van der Waals surface area contributed by atoms with E-state index in [1.54, 1.807) is 0 Å². The quantitative estimate of drug-likeness (QED) is 0.272. The minimum Gasteiger partial charge on any atom is -0.431 e. The Labute approximate surface area is 232 Å². The van der Waals surface area contributed by atoms with Crippen LogP contribution < -0.4 is 5.32 Å². The standard InChI is InChI=1S/C31H47ClF3NO2/c1-26(2)22-10-14-29(5)23(27(22,3)13-11-24(26)38-25(37)19-31(33,34)35)9-8-20-21-7-6-12-30(21,36-18-17-32)16-15-28(20,29)4/h11,20-23,36H,6-10,12-19H2,1-5H3. The maximum atomic E-state index is 12.8. The third kappa shape index (κ3) is 4.20. The molecule has 0 spiro atoms. The Kier molecular flexibility index (Phi) is 7.11. The minimum absolute atomic E-state index is 0.0332. The fourth-order valence-electron chi connectivity index (χ4n) is 11.3. The molecule has 0 aromatic carbocycles. The second-order valence-electron chi connectivity index (χ2n) is 14.7. The summed E-state index contributed by atoms with van der Waals surface area (Å²) in [6.45, 7) is 12.7. The van der Waals surface area contributed by atoms with Gasteiger partial charge in [0.25, 0.3) is 0 Å². The summed E-state index contributed by atoms with van der Waals surface area (Å²) in [5, 5.41) is 3.93. The van der Waals surface area contributed by atoms with Crippen molar-refractivity contribution in [3.05, 3.63) is 11.8 Å². The van der Waals surface area contributed by atoms with E-state index in [0.717, 1.165) is 31.7 Å². The Morgan fingerprint density at radius 1 is 0.974 bits per heavy atom. The summed E-state index contributed by atoms with van der Waals surface area (Å²) in [6, 6.07) is 0. The van der Waals surface area contributed by atoms with Gasteiger partial charge in [0, 0.05) is 23.4 Å². The lowest BCUT2D eigenvalue weighted by atomic mass is 9.33. The van der Waals surface area contributed by atoms with Crippen LogP contribution in [0.4, 0.5) is 13.2 Å². The van der Waals surface area contributed by atoms with Gasteiger partial charge in [-0.3, -0.25) is 4.79 Å². The molecule has 216 valence electrons. The number of fused-ring (bicyclic) bond motifs is 7. The first-order chi connectivity index (χ1) is 17.6. The highest BCUT2D eigenvalue weighted by molar-refractivity contribution is 6.18. The van der Waals surface area contributed by atoms with Gasteiger partial charge in [-0.05, 0) is 104 Å². The van der Waals surface area contributed by atoms with Gasteiger partial charge in [-0.1, -0.05) is 41.0 Å². The maximum absolute atomic E-state index is 12.8. The average molecular weight is 558 g/mol. The molecule has 0 aromatic rings. The summed E-state index contributed by atoms with van der Waals surface area (Å²) in [7, 11) is 0. The normalized spacial score (nSPS) is 45.8. The Bertz CT molecular complexity index is 981. The van der Waals surface area contributed by atoms with Crippen molar-refractivity contribution in [2.45, 2.75) is 117 Å². The highest BCUT2D eigenvalue weighted by Crippen LogP contribution is 2.75. The Morgan fingerprint density at radius 2 is 1.71 bits per heavy atom. The van der Waals surface area contributed by atoms with E-state index in [9.17, 15) is 18.0 Å². The molecule has 0 radical (unpaired) electrons. The second-order valence-corrected chi connectivity index (χ2v) is 15.1. The fourth-order valence-corrected chi connectivity index (χ4v) is 11.3. The van der Waals surface area contributed by atoms with Crippen LogP contribution in [0.15, 0.2) is 11.8 Å². The van der Waals surface area contributed by atoms with Crippen molar-refractivity contribution < 1.29 is 22.7 Å². The number of carbonyl (C=O) groups is 1. The van der Waals surface area contributed by atoms with Gasteiger partial charge in [-0.15, -0.1) is 11.6 Å². The number of rotatable bonds is 5. The van der Waals surface area contributed by atoms with Gasteiger partial charge in [-0.25, -0.2) is 0 Å². The minimum atomic E-state index is -4.55. The van der Waals surface area contributed by atoms with Crippen LogP contribution >= 0.6 is 11.6 Å². The molecule has 0 amide bonds. The number of esters is 1. The molecule has 0 aliphatic heterocycles. The number of halogens is 4. The molecule has 38 heavy (non-hydrogen) atoms. The molecule has 1 N–H and O–H groups in total. The van der Waals surface area contributed by atoms with E-state index in [2.05, 4.69) is 39.9 Å². The van der Waals surface area contributed by atoms with Crippen LogP contribution in [0.5, 0.6) is 0 Å². The van der Waals surface area contributed by atoms with Crippen molar-refractivity contribution in [1.29, 1.82) is 0 Å². The van der Waals surface area contributed by atoms with Gasteiger partial charge in [-0.2, -0.15) is 13.2 Å². The van der Waals surface area contributed by atoms with Gasteiger partial charge >= 0.3 is 12.1 Å². The predicted molar refractivity (Wildman–Crippen MR) is 145 cm³/mol. The smallest absolute Gasteiger partial charge is 0.399 e. The Morgan fingerprint density at radius 3 is 2.39 bits per heavy atom. The molecule has 5 aliphatic carbocycles. The summed E-state index contributed by atoms with van der Waals surface area (Å²) >= 11 is 6.11. The second kappa shape index (κ2) is 9.39. The lowest BCUT2D eigenvalue weighted by Crippen LogP contribution is -2.67. The number of alkyl halides is 4. The zero-order chi connectivity index (χ0) is 27.8. The molecule has 8 unspecified atom stereocenters. The molecule has 5 rings (SSSR count). The SMILES string of the molecule is CC1(C)C(OC(=O)CC(F)(F)F)=CCC2(C)C1CCC1(C)C2CCC2C3CCCC3(NCCCl)CCC21C. The first-order valence-corrected chi connectivity index (χ1v) is 15.5. The zero-order valence-corrected chi connectivity index (χ0v) is 24.7. The van der Waals surface area contributed by atoms with Gasteiger partial charge in [0.1, 0.15) is 12.2 Å². The van der Waals surface area contributed by atoms with E-state index in [0.29, 0.717) is 23.5 Å². The monoisotopic (exact) mass is 557 g/mol. The number of nitrogens with one attached hydrogen (secondary N) is 1. The van der Waals surface area contributed by atoms with Crippen LogP contribution in [0.1, 0.15) is 105 Å². The molecule has 4 fully saturated rings. The summed E-state index contributed by atoms with van der Waals surface area (Å²) < 4.78 is 43.9. The van der Waals surface area contributed by atoms with Crippen molar-refractivity contribution in [1.82, 2.24) is 5.32 Å². The predicted octanol–water partition coefficient (Wildman–Crippen LogP) is 8.41. The number of hydrogen-bond acceptors (Lipinski definition) is 3. The van der Waals surface area contributed by atoms with Crippen molar-refractivity contribution in [3.63, 3.8) is 0 Å². The first-order valence-electron chi connectivity index (χ1n) is 14.9. The van der Waals surface area contributed by atoms with Crippen LogP contribution in [0.3, 0.4) is 0 Å². The van der Waals surface area contributed by atoms with Gasteiger partial charge in [0.2, 0.25) is 0 Å². The third-order valence-electron chi connectivity index (χ3n) is 13.0. The summed E-state index contributed by atoms with van der Waals surface area (Å²) in [6.07, 6.45) is 7.63. The van der Waals surface area contributed by atoms with Crippen LogP contribution in [-0.4, -0.2) is 30.1 Å². The molecular formula is C31H47ClF3NO2. The third-order valence-corrected chi connectivity index (χ3v) is 13.2. The largest absolute Gasteiger partial charge is 0.431 e. The van der Waals surface area contributed by atoms with Gasteiger partial charge in [0.15, 0.2) is 0 Å². The lowest BCUT2D eigenvalue weighted by molar-refractivity contribution is -0.222. The molecule has 0 bridgehead atoms. The molecule has 0 heterocycles. The highest BCUT2D eigenvalue weighted by Gasteiger charge is 2.69. The molecule has 3 nitrogen and oxygen atoms in total. The molecule has 8 atom stereocenters. The first kappa shape index (κ1) is 28.8. The van der Waals surface area contributed by atoms with Crippen molar-refractivity contribution in [2.24, 2.45) is 45.3 Å². The topological polar surface area (TPSA) is 38.3 Å². The number of carbonyl (C=O) groups excluding carboxylic acids is 1. The van der Waals surface area contributed by atoms with Crippen LogP contribution in [-0.2, 0) is 9.53 Å². The maximum Gasteiger partial charge on any atom is 0.399 e. The average Bonchev–Trinajstić information content (AvgIpc) is 3.23. The van der Waals surface area contributed by atoms with Crippen molar-refractivity contribution >= 4 is 17.6 Å². The van der Waals surface area contributed by atoms with Crippen LogP contribution in [0, 0.1) is 45.3 Å². The number of ether oxygens (including phenoxy) is 1.